The highest BCUT2D eigenvalue weighted by molar-refractivity contribution is 5.54. The Morgan fingerprint density at radius 3 is 2.86 bits per heavy atom. The first-order valence-electron chi connectivity index (χ1n) is 8.17. The number of methoxy groups -OCH3 is 1. The lowest BCUT2D eigenvalue weighted by atomic mass is 9.97. The number of rotatable bonds is 6. The molecule has 0 spiro atoms. The van der Waals surface area contributed by atoms with E-state index < -0.39 is 0 Å². The Kier molecular flexibility index (Phi) is 6.07. The van der Waals surface area contributed by atoms with E-state index in [1.807, 2.05) is 0 Å². The summed E-state index contributed by atoms with van der Waals surface area (Å²) in [6, 6.07) is 7.41. The summed E-state index contributed by atoms with van der Waals surface area (Å²) >= 11 is 0. The van der Waals surface area contributed by atoms with Gasteiger partial charge in [-0.15, -0.1) is 0 Å². The number of benzene rings is 1. The van der Waals surface area contributed by atoms with E-state index >= 15 is 0 Å². The summed E-state index contributed by atoms with van der Waals surface area (Å²) in [4.78, 5) is 2.53. The summed E-state index contributed by atoms with van der Waals surface area (Å²) in [5, 5.41) is 3.48. The first kappa shape index (κ1) is 16.3. The van der Waals surface area contributed by atoms with Crippen LogP contribution in [-0.2, 0) is 11.3 Å². The Bertz CT molecular complexity index is 443. The molecule has 0 bridgehead atoms. The van der Waals surface area contributed by atoms with Crippen molar-refractivity contribution in [3.63, 3.8) is 0 Å². The number of nitrogens with one attached hydrogen (secondary N) is 1. The lowest BCUT2D eigenvalue weighted by Gasteiger charge is -2.35. The molecule has 1 fully saturated rings. The third-order valence-electron chi connectivity index (χ3n) is 4.24. The maximum Gasteiger partial charge on any atom is 0.0507 e. The third-order valence-corrected chi connectivity index (χ3v) is 4.24. The SMILES string of the molecule is COCC1CCCN(c2ccc(CNC(C)C)cc2C)C1. The largest absolute Gasteiger partial charge is 0.384 e. The molecule has 1 aliphatic heterocycles. The van der Waals surface area contributed by atoms with Gasteiger partial charge >= 0.3 is 0 Å². The highest BCUT2D eigenvalue weighted by Crippen LogP contribution is 2.27. The molecule has 0 aromatic heterocycles. The molecule has 1 atom stereocenters. The molecule has 2 rings (SSSR count). The van der Waals surface area contributed by atoms with Crippen molar-refractivity contribution in [2.45, 2.75) is 46.2 Å². The zero-order valence-corrected chi connectivity index (χ0v) is 14.0. The van der Waals surface area contributed by atoms with Crippen LogP contribution in [0.2, 0.25) is 0 Å². The highest BCUT2D eigenvalue weighted by Gasteiger charge is 2.21. The summed E-state index contributed by atoms with van der Waals surface area (Å²) in [5.41, 5.74) is 4.15. The molecule has 0 saturated carbocycles. The predicted octanol–water partition coefficient (Wildman–Crippen LogP) is 3.36. The Morgan fingerprint density at radius 1 is 1.38 bits per heavy atom. The molecular weight excluding hydrogens is 260 g/mol. The van der Waals surface area contributed by atoms with Gasteiger partial charge in [-0.05, 0) is 42.9 Å². The maximum atomic E-state index is 5.33. The molecule has 3 heteroatoms. The van der Waals surface area contributed by atoms with Crippen molar-refractivity contribution < 1.29 is 4.74 Å². The van der Waals surface area contributed by atoms with E-state index in [1.54, 1.807) is 7.11 Å². The zero-order chi connectivity index (χ0) is 15.2. The van der Waals surface area contributed by atoms with E-state index in [0.717, 1.165) is 19.7 Å². The standard InChI is InChI=1S/C18H30N2O/c1-14(2)19-11-16-7-8-18(15(3)10-16)20-9-5-6-17(12-20)13-21-4/h7-8,10,14,17,19H,5-6,9,11-13H2,1-4H3. The number of anilines is 1. The van der Waals surface area contributed by atoms with Gasteiger partial charge in [0.05, 0.1) is 6.61 Å². The second-order valence-corrected chi connectivity index (χ2v) is 6.57. The van der Waals surface area contributed by atoms with Crippen LogP contribution in [0.25, 0.3) is 0 Å². The Morgan fingerprint density at radius 2 is 2.19 bits per heavy atom. The van der Waals surface area contributed by atoms with Gasteiger partial charge in [-0.3, -0.25) is 0 Å². The van der Waals surface area contributed by atoms with Crippen molar-refractivity contribution in [3.05, 3.63) is 29.3 Å². The fourth-order valence-electron chi connectivity index (χ4n) is 3.16. The summed E-state index contributed by atoms with van der Waals surface area (Å²) in [6.07, 6.45) is 2.56. The fourth-order valence-corrected chi connectivity index (χ4v) is 3.16. The maximum absolute atomic E-state index is 5.33. The average molecular weight is 290 g/mol. The fraction of sp³-hybridized carbons (Fsp3) is 0.667. The lowest BCUT2D eigenvalue weighted by molar-refractivity contribution is 0.143. The molecule has 0 radical (unpaired) electrons. The van der Waals surface area contributed by atoms with E-state index in [4.69, 9.17) is 4.74 Å². The van der Waals surface area contributed by atoms with Crippen LogP contribution >= 0.6 is 0 Å². The normalized spacial score (nSPS) is 19.3. The van der Waals surface area contributed by atoms with Gasteiger partial charge in [0.2, 0.25) is 0 Å². The molecule has 1 aromatic rings. The molecule has 1 aliphatic rings. The number of ether oxygens (including phenoxy) is 1. The first-order valence-corrected chi connectivity index (χ1v) is 8.17. The van der Waals surface area contributed by atoms with Crippen LogP contribution in [0, 0.1) is 12.8 Å². The number of nitrogens with zero attached hydrogens (tertiary/aromatic N) is 1. The summed E-state index contributed by atoms with van der Waals surface area (Å²) in [7, 11) is 1.81. The minimum atomic E-state index is 0.530. The van der Waals surface area contributed by atoms with Crippen LogP contribution in [0.15, 0.2) is 18.2 Å². The van der Waals surface area contributed by atoms with Crippen molar-refractivity contribution in [1.82, 2.24) is 5.32 Å². The highest BCUT2D eigenvalue weighted by atomic mass is 16.5. The Hall–Kier alpha value is -1.06. The lowest BCUT2D eigenvalue weighted by Crippen LogP contribution is -2.37. The van der Waals surface area contributed by atoms with Gasteiger partial charge in [-0.2, -0.15) is 0 Å². The van der Waals surface area contributed by atoms with E-state index in [-0.39, 0.29) is 0 Å². The van der Waals surface area contributed by atoms with Crippen LogP contribution in [0.5, 0.6) is 0 Å². The number of hydrogen-bond acceptors (Lipinski definition) is 3. The van der Waals surface area contributed by atoms with Crippen LogP contribution in [0.3, 0.4) is 0 Å². The average Bonchev–Trinajstić information content (AvgIpc) is 2.46. The second-order valence-electron chi connectivity index (χ2n) is 6.57. The molecule has 1 heterocycles. The summed E-state index contributed by atoms with van der Waals surface area (Å²) < 4.78 is 5.33. The van der Waals surface area contributed by atoms with Gasteiger partial charge < -0.3 is 15.0 Å². The van der Waals surface area contributed by atoms with Crippen molar-refractivity contribution >= 4 is 5.69 Å². The minimum absolute atomic E-state index is 0.530. The number of piperidine rings is 1. The molecule has 21 heavy (non-hydrogen) atoms. The molecule has 0 aliphatic carbocycles. The topological polar surface area (TPSA) is 24.5 Å². The van der Waals surface area contributed by atoms with E-state index in [1.165, 1.54) is 36.2 Å². The Balaban J connectivity index is 2.02. The number of aryl methyl sites for hydroxylation is 1. The van der Waals surface area contributed by atoms with Crippen LogP contribution in [0.4, 0.5) is 5.69 Å². The zero-order valence-electron chi connectivity index (χ0n) is 14.0. The van der Waals surface area contributed by atoms with Crippen molar-refractivity contribution in [2.24, 2.45) is 5.92 Å². The third kappa shape index (κ3) is 4.72. The van der Waals surface area contributed by atoms with Crippen LogP contribution in [0.1, 0.15) is 37.8 Å². The summed E-state index contributed by atoms with van der Waals surface area (Å²) in [6.45, 7) is 10.7. The van der Waals surface area contributed by atoms with Gasteiger partial charge in [0.15, 0.2) is 0 Å². The molecule has 0 amide bonds. The van der Waals surface area contributed by atoms with Crippen molar-refractivity contribution in [1.29, 1.82) is 0 Å². The van der Waals surface area contributed by atoms with E-state index in [2.05, 4.69) is 49.2 Å². The van der Waals surface area contributed by atoms with Crippen molar-refractivity contribution in [3.8, 4) is 0 Å². The molecular formula is C18H30N2O. The first-order chi connectivity index (χ1) is 10.1. The Labute approximate surface area is 129 Å². The smallest absolute Gasteiger partial charge is 0.0507 e. The molecule has 118 valence electrons. The molecule has 3 nitrogen and oxygen atoms in total. The van der Waals surface area contributed by atoms with Gasteiger partial charge in [0.25, 0.3) is 0 Å². The van der Waals surface area contributed by atoms with E-state index in [9.17, 15) is 0 Å². The minimum Gasteiger partial charge on any atom is -0.384 e. The predicted molar refractivity (Wildman–Crippen MR) is 90.0 cm³/mol. The van der Waals surface area contributed by atoms with E-state index in [0.29, 0.717) is 12.0 Å². The van der Waals surface area contributed by atoms with Crippen molar-refractivity contribution in [2.75, 3.05) is 31.7 Å². The number of hydrogen-bond donors (Lipinski definition) is 1. The molecule has 1 aromatic carbocycles. The summed E-state index contributed by atoms with van der Waals surface area (Å²) in [5.74, 6) is 0.672. The van der Waals surface area contributed by atoms with Crippen LogP contribution in [-0.4, -0.2) is 32.8 Å². The van der Waals surface area contributed by atoms with Gasteiger partial charge in [-0.25, -0.2) is 0 Å². The monoisotopic (exact) mass is 290 g/mol. The molecule has 1 unspecified atom stereocenters. The van der Waals surface area contributed by atoms with Gasteiger partial charge in [0, 0.05) is 38.5 Å². The van der Waals surface area contributed by atoms with Gasteiger partial charge in [0.1, 0.15) is 0 Å². The second kappa shape index (κ2) is 7.81. The quantitative estimate of drug-likeness (QED) is 0.869. The molecule has 1 saturated heterocycles. The molecule has 1 N–H and O–H groups in total. The van der Waals surface area contributed by atoms with Gasteiger partial charge in [-0.1, -0.05) is 26.0 Å². The van der Waals surface area contributed by atoms with Crippen LogP contribution < -0.4 is 10.2 Å².